The van der Waals surface area contributed by atoms with E-state index in [1.54, 1.807) is 0 Å². The summed E-state index contributed by atoms with van der Waals surface area (Å²) in [6.07, 6.45) is 2.32. The summed E-state index contributed by atoms with van der Waals surface area (Å²) in [5.41, 5.74) is 7.79. The molecule has 0 saturated heterocycles. The van der Waals surface area contributed by atoms with Gasteiger partial charge in [0.1, 0.15) is 4.99 Å². The molecule has 3 nitrogen and oxygen atoms in total. The van der Waals surface area contributed by atoms with Crippen LogP contribution in [-0.4, -0.2) is 36.7 Å². The van der Waals surface area contributed by atoms with Crippen molar-refractivity contribution in [2.24, 2.45) is 5.73 Å². The molecule has 0 heterocycles. The van der Waals surface area contributed by atoms with Gasteiger partial charge in [0.25, 0.3) is 0 Å². The first-order valence-corrected chi connectivity index (χ1v) is 7.19. The Morgan fingerprint density at radius 2 is 2.16 bits per heavy atom. The summed E-state index contributed by atoms with van der Waals surface area (Å²) in [7, 11) is 2.09. The Bertz CT molecular complexity index is 395. The average Bonchev–Trinajstić information content (AvgIpc) is 2.38. The number of rotatable bonds is 9. The van der Waals surface area contributed by atoms with E-state index >= 15 is 0 Å². The molecule has 0 aliphatic heterocycles. The quantitative estimate of drug-likeness (QED) is 0.557. The van der Waals surface area contributed by atoms with Crippen molar-refractivity contribution in [2.45, 2.75) is 26.3 Å². The van der Waals surface area contributed by atoms with E-state index in [1.165, 1.54) is 12.0 Å². The number of nitrogens with zero attached hydrogens (tertiary/aromatic N) is 1. The minimum Gasteiger partial charge on any atom is -0.389 e. The zero-order valence-electron chi connectivity index (χ0n) is 11.9. The van der Waals surface area contributed by atoms with Crippen molar-refractivity contribution in [3.8, 4) is 0 Å². The largest absolute Gasteiger partial charge is 0.389 e. The number of benzene rings is 1. The van der Waals surface area contributed by atoms with Crippen LogP contribution in [0.5, 0.6) is 0 Å². The van der Waals surface area contributed by atoms with Gasteiger partial charge in [-0.2, -0.15) is 0 Å². The van der Waals surface area contributed by atoms with E-state index in [2.05, 4.69) is 31.0 Å². The van der Waals surface area contributed by atoms with Crippen LogP contribution in [0.2, 0.25) is 0 Å². The van der Waals surface area contributed by atoms with E-state index in [9.17, 15) is 0 Å². The molecule has 1 aromatic carbocycles. The first-order chi connectivity index (χ1) is 9.13. The van der Waals surface area contributed by atoms with E-state index in [4.69, 9.17) is 22.7 Å². The zero-order chi connectivity index (χ0) is 14.1. The van der Waals surface area contributed by atoms with Crippen LogP contribution in [0.4, 0.5) is 0 Å². The van der Waals surface area contributed by atoms with Crippen molar-refractivity contribution in [3.63, 3.8) is 0 Å². The van der Waals surface area contributed by atoms with E-state index in [-0.39, 0.29) is 0 Å². The van der Waals surface area contributed by atoms with Gasteiger partial charge in [-0.3, -0.25) is 4.90 Å². The van der Waals surface area contributed by atoms with Gasteiger partial charge in [0.2, 0.25) is 0 Å². The van der Waals surface area contributed by atoms with E-state index in [1.807, 2.05) is 12.1 Å². The minimum atomic E-state index is 0.451. The highest BCUT2D eigenvalue weighted by Gasteiger charge is 2.02. The fourth-order valence-corrected chi connectivity index (χ4v) is 1.91. The zero-order valence-corrected chi connectivity index (χ0v) is 12.7. The summed E-state index contributed by atoms with van der Waals surface area (Å²) in [5.74, 6) is 0. The van der Waals surface area contributed by atoms with Crippen LogP contribution in [0.15, 0.2) is 24.3 Å². The lowest BCUT2D eigenvalue weighted by molar-refractivity contribution is 0.107. The molecule has 4 heteroatoms. The number of ether oxygens (including phenoxy) is 1. The van der Waals surface area contributed by atoms with Crippen LogP contribution < -0.4 is 5.73 Å². The summed E-state index contributed by atoms with van der Waals surface area (Å²) in [4.78, 5) is 2.69. The van der Waals surface area contributed by atoms with E-state index < -0.39 is 0 Å². The van der Waals surface area contributed by atoms with Gasteiger partial charge in [-0.15, -0.1) is 0 Å². The van der Waals surface area contributed by atoms with Gasteiger partial charge < -0.3 is 10.5 Å². The molecule has 0 atom stereocenters. The normalized spacial score (nSPS) is 10.9. The fourth-order valence-electron chi connectivity index (χ4n) is 1.78. The van der Waals surface area contributed by atoms with Gasteiger partial charge in [0, 0.05) is 25.3 Å². The molecule has 0 aromatic heterocycles. The monoisotopic (exact) mass is 280 g/mol. The molecular weight excluding hydrogens is 256 g/mol. The molecule has 0 aliphatic carbocycles. The van der Waals surface area contributed by atoms with Crippen molar-refractivity contribution in [3.05, 3.63) is 35.4 Å². The highest BCUT2D eigenvalue weighted by molar-refractivity contribution is 7.80. The molecule has 0 fully saturated rings. The summed E-state index contributed by atoms with van der Waals surface area (Å²) >= 11 is 4.99. The van der Waals surface area contributed by atoms with Gasteiger partial charge in [0.15, 0.2) is 0 Å². The second kappa shape index (κ2) is 9.02. The summed E-state index contributed by atoms with van der Waals surface area (Å²) < 4.78 is 5.56. The topological polar surface area (TPSA) is 38.5 Å². The molecule has 0 bridgehead atoms. The van der Waals surface area contributed by atoms with Crippen LogP contribution in [0.1, 0.15) is 30.9 Å². The minimum absolute atomic E-state index is 0.451. The average molecular weight is 280 g/mol. The molecule has 2 N–H and O–H groups in total. The van der Waals surface area contributed by atoms with Crippen LogP contribution in [-0.2, 0) is 11.3 Å². The smallest absolute Gasteiger partial charge is 0.103 e. The van der Waals surface area contributed by atoms with Crippen molar-refractivity contribution < 1.29 is 4.74 Å². The Hall–Kier alpha value is -0.970. The molecule has 106 valence electrons. The molecular formula is C15H24N2OS. The van der Waals surface area contributed by atoms with Gasteiger partial charge in [-0.25, -0.2) is 0 Å². The molecule has 0 spiro atoms. The Kier molecular flexibility index (Phi) is 7.63. The molecule has 1 rings (SSSR count). The third kappa shape index (κ3) is 6.66. The van der Waals surface area contributed by atoms with Crippen LogP contribution in [0.25, 0.3) is 0 Å². The first kappa shape index (κ1) is 16.1. The number of hydrogen-bond acceptors (Lipinski definition) is 3. The number of likely N-dealkylation sites (N-methyl/N-ethyl adjacent to an activating group) is 1. The van der Waals surface area contributed by atoms with Crippen molar-refractivity contribution in [2.75, 3.05) is 26.8 Å². The standard InChI is InChI=1S/C15H24N2OS/c1-3-4-9-18-10-8-17(2)12-13-6-5-7-14(11-13)15(16)19/h5-7,11H,3-4,8-10,12H2,1-2H3,(H2,16,19). The SMILES string of the molecule is CCCCOCCN(C)Cc1cccc(C(N)=S)c1. The highest BCUT2D eigenvalue weighted by atomic mass is 32.1. The van der Waals surface area contributed by atoms with Crippen molar-refractivity contribution in [1.29, 1.82) is 0 Å². The molecule has 0 amide bonds. The second-order valence-electron chi connectivity index (χ2n) is 4.77. The Morgan fingerprint density at radius 1 is 1.37 bits per heavy atom. The van der Waals surface area contributed by atoms with Crippen molar-refractivity contribution in [1.82, 2.24) is 4.90 Å². The van der Waals surface area contributed by atoms with Crippen LogP contribution in [0.3, 0.4) is 0 Å². The fraction of sp³-hybridized carbons (Fsp3) is 0.533. The van der Waals surface area contributed by atoms with Crippen LogP contribution >= 0.6 is 12.2 Å². The Morgan fingerprint density at radius 3 is 2.84 bits per heavy atom. The number of unbranched alkanes of at least 4 members (excludes halogenated alkanes) is 1. The highest BCUT2D eigenvalue weighted by Crippen LogP contribution is 2.07. The Balaban J connectivity index is 2.33. The van der Waals surface area contributed by atoms with Gasteiger partial charge >= 0.3 is 0 Å². The number of thiocarbonyl (C=S) groups is 1. The predicted molar refractivity (Wildman–Crippen MR) is 84.4 cm³/mol. The lowest BCUT2D eigenvalue weighted by Gasteiger charge is -2.17. The van der Waals surface area contributed by atoms with Gasteiger partial charge in [-0.05, 0) is 25.1 Å². The second-order valence-corrected chi connectivity index (χ2v) is 5.21. The molecule has 1 aromatic rings. The molecule has 0 aliphatic rings. The molecule has 0 radical (unpaired) electrons. The maximum Gasteiger partial charge on any atom is 0.103 e. The van der Waals surface area contributed by atoms with E-state index in [0.717, 1.165) is 38.3 Å². The molecule has 19 heavy (non-hydrogen) atoms. The Labute approximate surface area is 121 Å². The summed E-state index contributed by atoms with van der Waals surface area (Å²) in [6.45, 7) is 5.63. The number of hydrogen-bond donors (Lipinski definition) is 1. The first-order valence-electron chi connectivity index (χ1n) is 6.78. The lowest BCUT2D eigenvalue weighted by atomic mass is 10.1. The maximum atomic E-state index is 5.64. The third-order valence-electron chi connectivity index (χ3n) is 2.92. The van der Waals surface area contributed by atoms with Crippen LogP contribution in [0, 0.1) is 0 Å². The van der Waals surface area contributed by atoms with Gasteiger partial charge in [0.05, 0.1) is 6.61 Å². The predicted octanol–water partition coefficient (Wildman–Crippen LogP) is 2.57. The van der Waals surface area contributed by atoms with Crippen molar-refractivity contribution >= 4 is 17.2 Å². The number of nitrogens with two attached hydrogens (primary N) is 1. The lowest BCUT2D eigenvalue weighted by Crippen LogP contribution is -2.23. The summed E-state index contributed by atoms with van der Waals surface area (Å²) in [6, 6.07) is 8.09. The van der Waals surface area contributed by atoms with Gasteiger partial charge in [-0.1, -0.05) is 43.8 Å². The third-order valence-corrected chi connectivity index (χ3v) is 3.16. The van der Waals surface area contributed by atoms with E-state index in [0.29, 0.717) is 4.99 Å². The summed E-state index contributed by atoms with van der Waals surface area (Å²) in [5, 5.41) is 0. The molecule has 0 saturated carbocycles. The molecule has 0 unspecified atom stereocenters. The maximum absolute atomic E-state index is 5.64.